The summed E-state index contributed by atoms with van der Waals surface area (Å²) in [6.45, 7) is 12.2. The second kappa shape index (κ2) is 10.8. The Hall–Kier alpha value is -0.843. The number of hydrogen-bond acceptors (Lipinski definition) is 3. The second-order valence-electron chi connectivity index (χ2n) is 9.90. The van der Waals surface area contributed by atoms with E-state index >= 15 is 0 Å². The molecule has 1 aromatic rings. The van der Waals surface area contributed by atoms with Gasteiger partial charge >= 0.3 is 0 Å². The van der Waals surface area contributed by atoms with Crippen molar-refractivity contribution in [1.29, 1.82) is 0 Å². The maximum atomic E-state index is 6.95. The van der Waals surface area contributed by atoms with Crippen molar-refractivity contribution < 1.29 is 13.9 Å². The molecule has 1 aliphatic carbocycles. The van der Waals surface area contributed by atoms with E-state index in [2.05, 4.69) is 58.1 Å². The molecular formula is C24H42O3Si. The summed E-state index contributed by atoms with van der Waals surface area (Å²) in [4.78, 5) is 0. The Bertz CT molecular complexity index is 562. The first-order valence-corrected chi connectivity index (χ1v) is 14.0. The highest BCUT2D eigenvalue weighted by Crippen LogP contribution is 2.40. The summed E-state index contributed by atoms with van der Waals surface area (Å²) >= 11 is 0. The van der Waals surface area contributed by atoms with Crippen LogP contribution in [0.5, 0.6) is 5.75 Å². The molecule has 4 heteroatoms. The van der Waals surface area contributed by atoms with Crippen LogP contribution in [-0.4, -0.2) is 28.3 Å². The predicted molar refractivity (Wildman–Crippen MR) is 121 cm³/mol. The van der Waals surface area contributed by atoms with E-state index in [4.69, 9.17) is 13.9 Å². The highest BCUT2D eigenvalue weighted by Gasteiger charge is 2.40. The first-order valence-electron chi connectivity index (χ1n) is 11.1. The van der Waals surface area contributed by atoms with Crippen molar-refractivity contribution in [2.75, 3.05) is 13.9 Å². The van der Waals surface area contributed by atoms with Crippen molar-refractivity contribution in [2.24, 2.45) is 5.92 Å². The summed E-state index contributed by atoms with van der Waals surface area (Å²) in [5.74, 6) is 1.55. The van der Waals surface area contributed by atoms with Gasteiger partial charge in [0.05, 0.1) is 0 Å². The lowest BCUT2D eigenvalue weighted by molar-refractivity contribution is 0.0511. The van der Waals surface area contributed by atoms with Crippen molar-refractivity contribution in [3.05, 3.63) is 29.8 Å². The topological polar surface area (TPSA) is 27.7 Å². The number of aryl methyl sites for hydroxylation is 1. The molecular weight excluding hydrogens is 364 g/mol. The molecule has 1 aliphatic rings. The molecule has 0 amide bonds. The Morgan fingerprint density at radius 2 is 1.61 bits per heavy atom. The van der Waals surface area contributed by atoms with E-state index in [0.717, 1.165) is 12.2 Å². The minimum atomic E-state index is -1.73. The third-order valence-corrected chi connectivity index (χ3v) is 11.2. The normalized spacial score (nSPS) is 21.8. The van der Waals surface area contributed by atoms with Crippen LogP contribution in [0.3, 0.4) is 0 Å². The lowest BCUT2D eigenvalue weighted by Gasteiger charge is -2.42. The van der Waals surface area contributed by atoms with E-state index in [1.54, 1.807) is 7.11 Å². The van der Waals surface area contributed by atoms with E-state index in [9.17, 15) is 0 Å². The summed E-state index contributed by atoms with van der Waals surface area (Å²) in [6, 6.07) is 8.49. The van der Waals surface area contributed by atoms with Crippen LogP contribution in [0.15, 0.2) is 24.3 Å². The maximum Gasteiger partial charge on any atom is 0.192 e. The van der Waals surface area contributed by atoms with Gasteiger partial charge in [-0.2, -0.15) is 0 Å². The first-order chi connectivity index (χ1) is 13.2. The molecule has 2 atom stereocenters. The number of rotatable bonds is 8. The van der Waals surface area contributed by atoms with Crippen LogP contribution in [0.1, 0.15) is 71.3 Å². The molecule has 0 saturated heterocycles. The molecule has 1 fully saturated rings. The molecule has 1 saturated carbocycles. The monoisotopic (exact) mass is 406 g/mol. The quantitative estimate of drug-likeness (QED) is 0.345. The molecule has 3 nitrogen and oxygen atoms in total. The Kier molecular flexibility index (Phi) is 9.04. The van der Waals surface area contributed by atoms with Gasteiger partial charge in [0.15, 0.2) is 15.1 Å². The molecule has 28 heavy (non-hydrogen) atoms. The highest BCUT2D eigenvalue weighted by molar-refractivity contribution is 6.74. The Morgan fingerprint density at radius 3 is 2.21 bits per heavy atom. The summed E-state index contributed by atoms with van der Waals surface area (Å²) < 4.78 is 17.4. The lowest BCUT2D eigenvalue weighted by atomic mass is 9.85. The number of methoxy groups -OCH3 is 1. The lowest BCUT2D eigenvalue weighted by Crippen LogP contribution is -2.46. The van der Waals surface area contributed by atoms with Gasteiger partial charge in [0.2, 0.25) is 0 Å². The van der Waals surface area contributed by atoms with Gasteiger partial charge in [0.1, 0.15) is 5.75 Å². The van der Waals surface area contributed by atoms with Gasteiger partial charge in [0, 0.05) is 13.2 Å². The largest absolute Gasteiger partial charge is 0.468 e. The SMILES string of the molecule is COCOc1ccc(CCC2CCCCCCC2O[Si](C)(C)C(C)(C)C)cc1. The van der Waals surface area contributed by atoms with Gasteiger partial charge < -0.3 is 13.9 Å². The minimum Gasteiger partial charge on any atom is -0.468 e. The Labute approximate surface area is 174 Å². The molecule has 0 heterocycles. The molecule has 160 valence electrons. The molecule has 2 rings (SSSR count). The third kappa shape index (κ3) is 7.20. The van der Waals surface area contributed by atoms with E-state index in [1.165, 1.54) is 50.5 Å². The fourth-order valence-electron chi connectivity index (χ4n) is 3.80. The summed E-state index contributed by atoms with van der Waals surface area (Å²) in [5, 5.41) is 0.276. The first kappa shape index (κ1) is 23.4. The molecule has 0 spiro atoms. The molecule has 2 unspecified atom stereocenters. The summed E-state index contributed by atoms with van der Waals surface area (Å²) in [5.41, 5.74) is 1.39. The Balaban J connectivity index is 2.00. The highest BCUT2D eigenvalue weighted by atomic mass is 28.4. The third-order valence-electron chi connectivity index (χ3n) is 6.66. The fraction of sp³-hybridized carbons (Fsp3) is 0.750. The average molecular weight is 407 g/mol. The van der Waals surface area contributed by atoms with E-state index in [1.807, 2.05) is 0 Å². The van der Waals surface area contributed by atoms with E-state index in [0.29, 0.717) is 18.8 Å². The molecule has 1 aromatic carbocycles. The van der Waals surface area contributed by atoms with Gasteiger partial charge in [-0.1, -0.05) is 58.6 Å². The molecule has 0 radical (unpaired) electrons. The van der Waals surface area contributed by atoms with Crippen molar-refractivity contribution in [2.45, 2.75) is 96.4 Å². The smallest absolute Gasteiger partial charge is 0.192 e. The zero-order chi connectivity index (χ0) is 20.6. The van der Waals surface area contributed by atoms with Gasteiger partial charge in [-0.25, -0.2) is 0 Å². The fourth-order valence-corrected chi connectivity index (χ4v) is 5.22. The molecule has 0 N–H and O–H groups in total. The molecule has 0 aliphatic heterocycles. The van der Waals surface area contributed by atoms with Crippen molar-refractivity contribution >= 4 is 8.32 Å². The maximum absolute atomic E-state index is 6.95. The second-order valence-corrected chi connectivity index (χ2v) is 14.7. The van der Waals surface area contributed by atoms with E-state index < -0.39 is 8.32 Å². The van der Waals surface area contributed by atoms with Gasteiger partial charge in [-0.15, -0.1) is 0 Å². The number of hydrogen-bond donors (Lipinski definition) is 0. The number of benzene rings is 1. The van der Waals surface area contributed by atoms with Crippen LogP contribution in [0.2, 0.25) is 18.1 Å². The van der Waals surface area contributed by atoms with Gasteiger partial charge in [0.25, 0.3) is 0 Å². The minimum absolute atomic E-state index is 0.276. The van der Waals surface area contributed by atoms with Crippen LogP contribution in [0, 0.1) is 5.92 Å². The summed E-state index contributed by atoms with van der Waals surface area (Å²) in [7, 11) is -0.0854. The van der Waals surface area contributed by atoms with Crippen LogP contribution >= 0.6 is 0 Å². The van der Waals surface area contributed by atoms with Crippen LogP contribution < -0.4 is 4.74 Å². The van der Waals surface area contributed by atoms with Crippen LogP contribution in [-0.2, 0) is 15.6 Å². The van der Waals surface area contributed by atoms with Gasteiger partial charge in [-0.05, 0) is 67.4 Å². The van der Waals surface area contributed by atoms with Crippen molar-refractivity contribution in [3.63, 3.8) is 0 Å². The number of ether oxygens (including phenoxy) is 2. The zero-order valence-electron chi connectivity index (χ0n) is 19.1. The standard InChI is InChI=1S/C24H42O3Si/c1-24(2,3)28(5,6)27-23-12-10-8-7-9-11-21(23)16-13-20-14-17-22(18-15-20)26-19-25-4/h14-15,17-18,21,23H,7-13,16,19H2,1-6H3. The average Bonchev–Trinajstić information content (AvgIpc) is 2.62. The zero-order valence-corrected chi connectivity index (χ0v) is 20.1. The van der Waals surface area contributed by atoms with Crippen LogP contribution in [0.25, 0.3) is 0 Å². The van der Waals surface area contributed by atoms with Crippen molar-refractivity contribution in [1.82, 2.24) is 0 Å². The summed E-state index contributed by atoms with van der Waals surface area (Å²) in [6.07, 6.45) is 10.7. The molecule has 0 aromatic heterocycles. The molecule has 0 bridgehead atoms. The van der Waals surface area contributed by atoms with Gasteiger partial charge in [-0.3, -0.25) is 0 Å². The van der Waals surface area contributed by atoms with E-state index in [-0.39, 0.29) is 5.04 Å². The predicted octanol–water partition coefficient (Wildman–Crippen LogP) is 6.96. The Morgan fingerprint density at radius 1 is 0.964 bits per heavy atom. The van der Waals surface area contributed by atoms with Crippen LogP contribution in [0.4, 0.5) is 0 Å². The van der Waals surface area contributed by atoms with Crippen molar-refractivity contribution in [3.8, 4) is 5.75 Å².